The predicted octanol–water partition coefficient (Wildman–Crippen LogP) is 4.30. The molecule has 1 aromatic rings. The van der Waals surface area contributed by atoms with Crippen LogP contribution in [0.15, 0.2) is 34.0 Å². The molecule has 0 fully saturated rings. The molecule has 3 aliphatic rings. The van der Waals surface area contributed by atoms with Gasteiger partial charge in [-0.1, -0.05) is 13.8 Å². The maximum Gasteiger partial charge on any atom is 0.167 e. The molecule has 0 saturated heterocycles. The first-order valence-corrected chi connectivity index (χ1v) is 9.72. The highest BCUT2D eigenvalue weighted by atomic mass is 32.2. The normalized spacial score (nSPS) is 25.8. The molecule has 1 unspecified atom stereocenters. The molecule has 0 bridgehead atoms. The molecular weight excluding hydrogens is 324 g/mol. The summed E-state index contributed by atoms with van der Waals surface area (Å²) >= 11 is 3.38. The number of nitrogens with one attached hydrogen (secondary N) is 1. The molecule has 0 radical (unpaired) electrons. The Hall–Kier alpha value is -1.51. The predicted molar refractivity (Wildman–Crippen MR) is 94.1 cm³/mol. The second-order valence-corrected chi connectivity index (χ2v) is 9.17. The number of carbonyl (C=O) groups excluding carboxylic acids is 1. The Labute approximate surface area is 144 Å². The van der Waals surface area contributed by atoms with Gasteiger partial charge in [-0.25, -0.2) is 0 Å². The average molecular weight is 342 g/mol. The summed E-state index contributed by atoms with van der Waals surface area (Å²) in [6.45, 7) is 4.11. The van der Waals surface area contributed by atoms with Crippen LogP contribution in [0.25, 0.3) is 0 Å². The summed E-state index contributed by atoms with van der Waals surface area (Å²) in [6.07, 6.45) is 2.87. The van der Waals surface area contributed by atoms with Gasteiger partial charge in [0.25, 0.3) is 0 Å². The molecule has 5 heteroatoms. The number of ketones is 1. The van der Waals surface area contributed by atoms with E-state index in [4.69, 9.17) is 5.26 Å². The number of nitriles is 1. The molecule has 1 N–H and O–H groups in total. The van der Waals surface area contributed by atoms with Crippen molar-refractivity contribution in [2.24, 2.45) is 5.41 Å². The van der Waals surface area contributed by atoms with Crippen LogP contribution in [-0.4, -0.2) is 11.5 Å². The van der Waals surface area contributed by atoms with Crippen molar-refractivity contribution in [2.45, 2.75) is 39.0 Å². The summed E-state index contributed by atoms with van der Waals surface area (Å²) in [4.78, 5) is 16.3. The Bertz CT molecular complexity index is 807. The summed E-state index contributed by atoms with van der Waals surface area (Å²) in [5.74, 6) is 1.37. The van der Waals surface area contributed by atoms with Crippen molar-refractivity contribution in [1.82, 2.24) is 5.32 Å². The van der Waals surface area contributed by atoms with Crippen LogP contribution >= 0.6 is 23.1 Å². The van der Waals surface area contributed by atoms with Gasteiger partial charge in [-0.2, -0.15) is 5.26 Å². The van der Waals surface area contributed by atoms with E-state index in [0.29, 0.717) is 4.88 Å². The molecule has 1 aromatic heterocycles. The van der Waals surface area contributed by atoms with E-state index in [1.165, 1.54) is 21.9 Å². The molecule has 1 atom stereocenters. The third-order valence-corrected chi connectivity index (χ3v) is 7.22. The van der Waals surface area contributed by atoms with Crippen molar-refractivity contribution in [3.63, 3.8) is 0 Å². The lowest BCUT2D eigenvalue weighted by Crippen LogP contribution is -2.38. The lowest BCUT2D eigenvalue weighted by Gasteiger charge is -2.38. The molecular formula is C18H18N2OS2. The smallest absolute Gasteiger partial charge is 0.167 e. The van der Waals surface area contributed by atoms with E-state index in [-0.39, 0.29) is 17.1 Å². The molecule has 1 aliphatic carbocycles. The molecule has 118 valence electrons. The minimum atomic E-state index is -0.296. The molecule has 0 aromatic carbocycles. The number of thioether (sulfide) groups is 1. The highest BCUT2D eigenvalue weighted by Crippen LogP contribution is 2.53. The van der Waals surface area contributed by atoms with Crippen LogP contribution < -0.4 is 5.32 Å². The summed E-state index contributed by atoms with van der Waals surface area (Å²) in [5.41, 5.74) is 3.06. The number of Topliss-reactive ketones (excluding diaryl/α,β-unsaturated/α-hetero) is 1. The quantitative estimate of drug-likeness (QED) is 0.827. The van der Waals surface area contributed by atoms with E-state index >= 15 is 0 Å². The lowest BCUT2D eigenvalue weighted by atomic mass is 9.70. The van der Waals surface area contributed by atoms with Crippen LogP contribution in [0.1, 0.15) is 48.8 Å². The molecule has 0 amide bonds. The first-order valence-electron chi connectivity index (χ1n) is 7.92. The number of carbonyl (C=O) groups is 1. The van der Waals surface area contributed by atoms with Crippen LogP contribution in [-0.2, 0) is 4.79 Å². The van der Waals surface area contributed by atoms with Crippen molar-refractivity contribution in [2.75, 3.05) is 5.75 Å². The Kier molecular flexibility index (Phi) is 3.44. The Balaban J connectivity index is 1.87. The molecule has 2 aliphatic heterocycles. The van der Waals surface area contributed by atoms with Gasteiger partial charge in [0.05, 0.1) is 5.92 Å². The highest BCUT2D eigenvalue weighted by Gasteiger charge is 2.44. The van der Waals surface area contributed by atoms with Crippen molar-refractivity contribution in [3.05, 3.63) is 43.8 Å². The number of allylic oxidation sites excluding steroid dienone is 4. The zero-order valence-electron chi connectivity index (χ0n) is 13.2. The number of nitrogens with zero attached hydrogens (tertiary/aromatic N) is 1. The summed E-state index contributed by atoms with van der Waals surface area (Å²) in [7, 11) is 0. The van der Waals surface area contributed by atoms with Crippen LogP contribution in [0.3, 0.4) is 0 Å². The van der Waals surface area contributed by atoms with Gasteiger partial charge in [0, 0.05) is 37.9 Å². The third-order valence-electron chi connectivity index (χ3n) is 4.97. The Morgan fingerprint density at radius 1 is 1.30 bits per heavy atom. The molecule has 0 spiro atoms. The number of thiophene rings is 1. The molecule has 23 heavy (non-hydrogen) atoms. The molecule has 4 rings (SSSR count). The number of hydrogen-bond donors (Lipinski definition) is 1. The maximum atomic E-state index is 13.1. The molecule has 3 nitrogen and oxygen atoms in total. The van der Waals surface area contributed by atoms with Gasteiger partial charge in [-0.15, -0.1) is 23.1 Å². The summed E-state index contributed by atoms with van der Waals surface area (Å²) < 4.78 is 0. The van der Waals surface area contributed by atoms with Crippen LogP contribution in [0, 0.1) is 16.7 Å². The van der Waals surface area contributed by atoms with Gasteiger partial charge in [-0.3, -0.25) is 4.79 Å². The van der Waals surface area contributed by atoms with E-state index < -0.39 is 0 Å². The molecule has 3 heterocycles. The van der Waals surface area contributed by atoms with E-state index in [1.54, 1.807) is 0 Å². The summed E-state index contributed by atoms with van der Waals surface area (Å²) in [6, 6.07) is 6.13. The van der Waals surface area contributed by atoms with Crippen LogP contribution in [0.4, 0.5) is 0 Å². The van der Waals surface area contributed by atoms with E-state index in [1.807, 2.05) is 23.9 Å². The van der Waals surface area contributed by atoms with Crippen molar-refractivity contribution < 1.29 is 4.79 Å². The molecule has 0 saturated carbocycles. The van der Waals surface area contributed by atoms with E-state index in [2.05, 4.69) is 25.2 Å². The second-order valence-electron chi connectivity index (χ2n) is 6.92. The maximum absolute atomic E-state index is 13.1. The summed E-state index contributed by atoms with van der Waals surface area (Å²) in [5, 5.41) is 12.7. The standard InChI is InChI=1S/C18H18N2OS2/c1-18(2)7-5-11-14(17(18)21)15(13-4-3-10(9-19)23-13)16-12(20-11)6-8-22-16/h3-4,15,20H,5-8H2,1-2H3. The number of hydrogen-bond acceptors (Lipinski definition) is 5. The van der Waals surface area contributed by atoms with Gasteiger partial charge >= 0.3 is 0 Å². The average Bonchev–Trinajstić information content (AvgIpc) is 3.18. The monoisotopic (exact) mass is 342 g/mol. The first kappa shape index (κ1) is 15.0. The Morgan fingerprint density at radius 3 is 2.87 bits per heavy atom. The van der Waals surface area contributed by atoms with Crippen molar-refractivity contribution >= 4 is 28.9 Å². The SMILES string of the molecule is CC1(C)CCC2=C(C1=O)C(c1ccc(C#N)s1)C1=C(CCS1)N2. The van der Waals surface area contributed by atoms with Crippen LogP contribution in [0.2, 0.25) is 0 Å². The minimum absolute atomic E-state index is 0.0351. The van der Waals surface area contributed by atoms with Crippen molar-refractivity contribution in [3.8, 4) is 6.07 Å². The zero-order valence-corrected chi connectivity index (χ0v) is 14.9. The number of dihydropyridines is 1. The number of rotatable bonds is 1. The van der Waals surface area contributed by atoms with Gasteiger partial charge in [0.2, 0.25) is 0 Å². The first-order chi connectivity index (χ1) is 11.0. The fourth-order valence-electron chi connectivity index (χ4n) is 3.63. The van der Waals surface area contributed by atoms with Crippen molar-refractivity contribution in [1.29, 1.82) is 5.26 Å². The topological polar surface area (TPSA) is 52.9 Å². The van der Waals surface area contributed by atoms with E-state index in [0.717, 1.165) is 41.2 Å². The highest BCUT2D eigenvalue weighted by molar-refractivity contribution is 8.03. The van der Waals surface area contributed by atoms with E-state index in [9.17, 15) is 4.79 Å². The third kappa shape index (κ3) is 2.28. The Morgan fingerprint density at radius 2 is 2.13 bits per heavy atom. The fourth-order valence-corrected chi connectivity index (χ4v) is 5.90. The minimum Gasteiger partial charge on any atom is -0.361 e. The second kappa shape index (κ2) is 5.25. The lowest BCUT2D eigenvalue weighted by molar-refractivity contribution is -0.124. The van der Waals surface area contributed by atoms with Gasteiger partial charge in [0.15, 0.2) is 5.78 Å². The zero-order chi connectivity index (χ0) is 16.2. The van der Waals surface area contributed by atoms with Gasteiger partial charge in [0.1, 0.15) is 10.9 Å². The van der Waals surface area contributed by atoms with Crippen LogP contribution in [0.5, 0.6) is 0 Å². The largest absolute Gasteiger partial charge is 0.361 e. The van der Waals surface area contributed by atoms with Gasteiger partial charge < -0.3 is 5.32 Å². The fraction of sp³-hybridized carbons (Fsp3) is 0.444. The van der Waals surface area contributed by atoms with Gasteiger partial charge in [-0.05, 0) is 31.4 Å².